The van der Waals surface area contributed by atoms with Gasteiger partial charge in [0, 0.05) is 25.5 Å². The van der Waals surface area contributed by atoms with Crippen LogP contribution in [0.2, 0.25) is 0 Å². The van der Waals surface area contributed by atoms with Gasteiger partial charge in [-0.25, -0.2) is 4.79 Å². The fourth-order valence-electron chi connectivity index (χ4n) is 2.81. The van der Waals surface area contributed by atoms with Crippen LogP contribution in [-0.2, 0) is 9.53 Å². The Kier molecular flexibility index (Phi) is 7.01. The van der Waals surface area contributed by atoms with Gasteiger partial charge in [-0.3, -0.25) is 9.59 Å². The zero-order valence-electron chi connectivity index (χ0n) is 17.3. The number of nitrogens with zero attached hydrogens (tertiary/aromatic N) is 1. The summed E-state index contributed by atoms with van der Waals surface area (Å²) in [7, 11) is 3.80. The Labute approximate surface area is 180 Å². The van der Waals surface area contributed by atoms with E-state index in [-0.39, 0.29) is 5.91 Å². The molecule has 0 atom stereocenters. The van der Waals surface area contributed by atoms with Gasteiger partial charge in [0.15, 0.2) is 6.61 Å². The number of hydrogen-bond donors (Lipinski definition) is 2. The highest BCUT2D eigenvalue weighted by Gasteiger charge is 2.15. The average molecular weight is 417 g/mol. The van der Waals surface area contributed by atoms with Crippen LogP contribution in [-0.4, -0.2) is 38.5 Å². The lowest BCUT2D eigenvalue weighted by atomic mass is 10.1. The summed E-state index contributed by atoms with van der Waals surface area (Å²) in [6, 6.07) is 22.5. The molecule has 0 aliphatic rings. The third-order valence-electron chi connectivity index (χ3n) is 4.43. The molecule has 3 aromatic carbocycles. The first-order valence-corrected chi connectivity index (χ1v) is 9.64. The standard InChI is InChI=1S/C24H23N3O4/c1-27(2)19-14-12-17(13-15-19)24(30)31-16-22(28)26-21-11-7-6-10-20(21)23(29)25-18-8-4-3-5-9-18/h3-15H,16H2,1-2H3,(H,25,29)(H,26,28). The first kappa shape index (κ1) is 21.6. The molecule has 0 fully saturated rings. The fourth-order valence-corrected chi connectivity index (χ4v) is 2.81. The van der Waals surface area contributed by atoms with Gasteiger partial charge in [0.25, 0.3) is 11.8 Å². The number of ether oxygens (including phenoxy) is 1. The molecule has 0 aliphatic carbocycles. The Morgan fingerprint density at radius 3 is 2.13 bits per heavy atom. The molecule has 0 saturated heterocycles. The van der Waals surface area contributed by atoms with E-state index >= 15 is 0 Å². The van der Waals surface area contributed by atoms with Crippen LogP contribution in [0.4, 0.5) is 17.1 Å². The van der Waals surface area contributed by atoms with Crippen molar-refractivity contribution in [2.45, 2.75) is 0 Å². The molecule has 0 bridgehead atoms. The van der Waals surface area contributed by atoms with E-state index in [4.69, 9.17) is 4.74 Å². The zero-order chi connectivity index (χ0) is 22.2. The number of hydrogen-bond acceptors (Lipinski definition) is 5. The SMILES string of the molecule is CN(C)c1ccc(C(=O)OCC(=O)Nc2ccccc2C(=O)Nc2ccccc2)cc1. The van der Waals surface area contributed by atoms with Crippen molar-refractivity contribution in [2.75, 3.05) is 36.2 Å². The molecule has 0 spiro atoms. The number of amides is 2. The minimum Gasteiger partial charge on any atom is -0.452 e. The second-order valence-corrected chi connectivity index (χ2v) is 6.93. The molecule has 0 saturated carbocycles. The Bertz CT molecular complexity index is 1060. The monoisotopic (exact) mass is 417 g/mol. The van der Waals surface area contributed by atoms with Crippen LogP contribution < -0.4 is 15.5 Å². The van der Waals surface area contributed by atoms with Crippen LogP contribution in [0.15, 0.2) is 78.9 Å². The predicted octanol–water partition coefficient (Wildman–Crippen LogP) is 3.80. The molecule has 0 aliphatic heterocycles. The van der Waals surface area contributed by atoms with Gasteiger partial charge in [-0.05, 0) is 48.5 Å². The molecule has 0 aromatic heterocycles. The van der Waals surface area contributed by atoms with Gasteiger partial charge in [0.05, 0.1) is 16.8 Å². The number of carbonyl (C=O) groups is 3. The summed E-state index contributed by atoms with van der Waals surface area (Å²) in [6.45, 7) is -0.469. The normalized spacial score (nSPS) is 10.1. The van der Waals surface area contributed by atoms with Crippen molar-refractivity contribution in [2.24, 2.45) is 0 Å². The fraction of sp³-hybridized carbons (Fsp3) is 0.125. The van der Waals surface area contributed by atoms with E-state index in [1.54, 1.807) is 60.7 Å². The Hall–Kier alpha value is -4.13. The molecule has 0 radical (unpaired) electrons. The van der Waals surface area contributed by atoms with Crippen molar-refractivity contribution in [3.05, 3.63) is 90.0 Å². The lowest BCUT2D eigenvalue weighted by molar-refractivity contribution is -0.119. The maximum Gasteiger partial charge on any atom is 0.338 e. The Morgan fingerprint density at radius 2 is 1.45 bits per heavy atom. The van der Waals surface area contributed by atoms with Gasteiger partial charge >= 0.3 is 5.97 Å². The summed E-state index contributed by atoms with van der Waals surface area (Å²) >= 11 is 0. The third kappa shape index (κ3) is 5.93. The van der Waals surface area contributed by atoms with Crippen molar-refractivity contribution in [1.82, 2.24) is 0 Å². The quantitative estimate of drug-likeness (QED) is 0.571. The summed E-state index contributed by atoms with van der Waals surface area (Å²) in [5, 5.41) is 5.40. The molecule has 158 valence electrons. The van der Waals surface area contributed by atoms with Crippen molar-refractivity contribution >= 4 is 34.8 Å². The van der Waals surface area contributed by atoms with E-state index < -0.39 is 18.5 Å². The van der Waals surface area contributed by atoms with Crippen molar-refractivity contribution in [3.8, 4) is 0 Å². The van der Waals surface area contributed by atoms with Gasteiger partial charge in [-0.15, -0.1) is 0 Å². The maximum atomic E-state index is 12.6. The smallest absolute Gasteiger partial charge is 0.338 e. The minimum atomic E-state index is -0.601. The third-order valence-corrected chi connectivity index (χ3v) is 4.43. The van der Waals surface area contributed by atoms with Gasteiger partial charge in [0.2, 0.25) is 0 Å². The number of para-hydroxylation sites is 2. The second-order valence-electron chi connectivity index (χ2n) is 6.93. The molecule has 3 aromatic rings. The summed E-state index contributed by atoms with van der Waals surface area (Å²) in [5.41, 5.74) is 2.56. The highest BCUT2D eigenvalue weighted by molar-refractivity contribution is 6.10. The average Bonchev–Trinajstić information content (AvgIpc) is 2.78. The predicted molar refractivity (Wildman–Crippen MR) is 121 cm³/mol. The molecule has 2 N–H and O–H groups in total. The molecule has 0 unspecified atom stereocenters. The van der Waals surface area contributed by atoms with Crippen molar-refractivity contribution in [3.63, 3.8) is 0 Å². The first-order valence-electron chi connectivity index (χ1n) is 9.64. The van der Waals surface area contributed by atoms with Crippen LogP contribution in [0.25, 0.3) is 0 Å². The molecular weight excluding hydrogens is 394 g/mol. The van der Waals surface area contributed by atoms with Crippen LogP contribution >= 0.6 is 0 Å². The second kappa shape index (κ2) is 10.1. The van der Waals surface area contributed by atoms with E-state index in [9.17, 15) is 14.4 Å². The summed E-state index contributed by atoms with van der Waals surface area (Å²) in [4.78, 5) is 39.0. The summed E-state index contributed by atoms with van der Waals surface area (Å²) < 4.78 is 5.09. The molecule has 7 heteroatoms. The van der Waals surface area contributed by atoms with Gasteiger partial charge in [-0.1, -0.05) is 30.3 Å². The number of esters is 1. The van der Waals surface area contributed by atoms with Crippen LogP contribution in [0.1, 0.15) is 20.7 Å². The van der Waals surface area contributed by atoms with E-state index in [0.29, 0.717) is 22.5 Å². The highest BCUT2D eigenvalue weighted by atomic mass is 16.5. The first-order chi connectivity index (χ1) is 14.9. The maximum absolute atomic E-state index is 12.6. The number of nitrogens with one attached hydrogen (secondary N) is 2. The lowest BCUT2D eigenvalue weighted by Crippen LogP contribution is -2.23. The summed E-state index contributed by atoms with van der Waals surface area (Å²) in [6.07, 6.45) is 0. The van der Waals surface area contributed by atoms with Crippen LogP contribution in [0, 0.1) is 0 Å². The van der Waals surface area contributed by atoms with Gasteiger partial charge < -0.3 is 20.3 Å². The molecule has 3 rings (SSSR count). The highest BCUT2D eigenvalue weighted by Crippen LogP contribution is 2.18. The van der Waals surface area contributed by atoms with Gasteiger partial charge in [-0.2, -0.15) is 0 Å². The van der Waals surface area contributed by atoms with Gasteiger partial charge in [0.1, 0.15) is 0 Å². The van der Waals surface area contributed by atoms with E-state index in [1.165, 1.54) is 0 Å². The summed E-state index contributed by atoms with van der Waals surface area (Å²) in [5.74, 6) is -1.51. The Balaban J connectivity index is 1.59. The number of carbonyl (C=O) groups excluding carboxylic acids is 3. The minimum absolute atomic E-state index is 0.297. The van der Waals surface area contributed by atoms with E-state index in [1.807, 2.05) is 37.2 Å². The largest absolute Gasteiger partial charge is 0.452 e. The molecular formula is C24H23N3O4. The molecule has 7 nitrogen and oxygen atoms in total. The number of rotatable bonds is 7. The number of benzene rings is 3. The Morgan fingerprint density at radius 1 is 0.806 bits per heavy atom. The molecule has 2 amide bonds. The number of anilines is 3. The van der Waals surface area contributed by atoms with Crippen LogP contribution in [0.3, 0.4) is 0 Å². The van der Waals surface area contributed by atoms with E-state index in [0.717, 1.165) is 5.69 Å². The molecule has 0 heterocycles. The van der Waals surface area contributed by atoms with E-state index in [2.05, 4.69) is 10.6 Å². The zero-order valence-corrected chi connectivity index (χ0v) is 17.3. The van der Waals surface area contributed by atoms with Crippen molar-refractivity contribution in [1.29, 1.82) is 0 Å². The topological polar surface area (TPSA) is 87.7 Å². The lowest BCUT2D eigenvalue weighted by Gasteiger charge is -2.13. The van der Waals surface area contributed by atoms with Crippen LogP contribution in [0.5, 0.6) is 0 Å². The molecule has 31 heavy (non-hydrogen) atoms. The van der Waals surface area contributed by atoms with Crippen molar-refractivity contribution < 1.29 is 19.1 Å².